The van der Waals surface area contributed by atoms with Gasteiger partial charge in [-0.05, 0) is 61.9 Å². The van der Waals surface area contributed by atoms with E-state index in [1.165, 1.54) is 31.2 Å². The van der Waals surface area contributed by atoms with Crippen LogP contribution in [0.3, 0.4) is 0 Å². The second kappa shape index (κ2) is 8.48. The molecule has 0 aliphatic rings. The van der Waals surface area contributed by atoms with Gasteiger partial charge in [-0.1, -0.05) is 11.6 Å². The average molecular weight is 366 g/mol. The van der Waals surface area contributed by atoms with Crippen LogP contribution in [-0.4, -0.2) is 24.6 Å². The molecule has 2 aromatic carbocycles. The average Bonchev–Trinajstić information content (AvgIpc) is 2.58. The molecule has 0 aromatic heterocycles. The SMILES string of the molecule is Cc1cc(OCC(=O)O[C@@H](C)C(=O)Nc2ccc(F)cc2)ccc1Cl. The minimum atomic E-state index is -1.02. The molecule has 0 radical (unpaired) electrons. The molecule has 1 N–H and O–H groups in total. The van der Waals surface area contributed by atoms with E-state index in [1.54, 1.807) is 18.2 Å². The third kappa shape index (κ3) is 5.76. The van der Waals surface area contributed by atoms with Gasteiger partial charge in [0.2, 0.25) is 0 Å². The van der Waals surface area contributed by atoms with E-state index >= 15 is 0 Å². The van der Waals surface area contributed by atoms with Gasteiger partial charge in [0.25, 0.3) is 5.91 Å². The summed E-state index contributed by atoms with van der Waals surface area (Å²) >= 11 is 5.91. The Hall–Kier alpha value is -2.60. The van der Waals surface area contributed by atoms with Crippen molar-refractivity contribution >= 4 is 29.2 Å². The van der Waals surface area contributed by atoms with Crippen LogP contribution in [0.15, 0.2) is 42.5 Å². The lowest BCUT2D eigenvalue weighted by Gasteiger charge is -2.14. The zero-order valence-corrected chi connectivity index (χ0v) is 14.5. The minimum Gasteiger partial charge on any atom is -0.482 e. The number of nitrogens with one attached hydrogen (secondary N) is 1. The number of aryl methyl sites for hydroxylation is 1. The molecule has 0 spiro atoms. The van der Waals surface area contributed by atoms with Crippen LogP contribution in [0.5, 0.6) is 5.75 Å². The van der Waals surface area contributed by atoms with Gasteiger partial charge in [0.1, 0.15) is 11.6 Å². The van der Waals surface area contributed by atoms with Crippen molar-refractivity contribution in [3.8, 4) is 5.75 Å². The molecule has 0 aliphatic heterocycles. The summed E-state index contributed by atoms with van der Waals surface area (Å²) < 4.78 is 23.1. The summed E-state index contributed by atoms with van der Waals surface area (Å²) in [6.07, 6.45) is -1.02. The van der Waals surface area contributed by atoms with Gasteiger partial charge in [0.15, 0.2) is 12.7 Å². The van der Waals surface area contributed by atoms with Gasteiger partial charge in [-0.25, -0.2) is 9.18 Å². The first-order chi connectivity index (χ1) is 11.8. The Balaban J connectivity index is 1.81. The molecule has 7 heteroatoms. The van der Waals surface area contributed by atoms with Crippen LogP contribution in [0.2, 0.25) is 5.02 Å². The predicted octanol–water partition coefficient (Wildman–Crippen LogP) is 3.74. The molecule has 5 nitrogen and oxygen atoms in total. The maximum Gasteiger partial charge on any atom is 0.344 e. The minimum absolute atomic E-state index is 0.338. The zero-order valence-electron chi connectivity index (χ0n) is 13.7. The third-order valence-corrected chi connectivity index (χ3v) is 3.70. The number of hydrogen-bond donors (Lipinski definition) is 1. The van der Waals surface area contributed by atoms with Crippen LogP contribution in [0.25, 0.3) is 0 Å². The smallest absolute Gasteiger partial charge is 0.344 e. The van der Waals surface area contributed by atoms with Gasteiger partial charge in [-0.3, -0.25) is 4.79 Å². The Bertz CT molecular complexity index is 764. The zero-order chi connectivity index (χ0) is 18.4. The standard InChI is InChI=1S/C18H17ClFNO4/c1-11-9-15(7-8-16(11)19)24-10-17(22)25-12(2)18(23)21-14-5-3-13(20)4-6-14/h3-9,12H,10H2,1-2H3,(H,21,23)/t12-/m0/s1. The highest BCUT2D eigenvalue weighted by atomic mass is 35.5. The fourth-order valence-corrected chi connectivity index (χ4v) is 2.03. The largest absolute Gasteiger partial charge is 0.482 e. The lowest BCUT2D eigenvalue weighted by atomic mass is 10.2. The highest BCUT2D eigenvalue weighted by Crippen LogP contribution is 2.21. The van der Waals surface area contributed by atoms with E-state index < -0.39 is 23.8 Å². The van der Waals surface area contributed by atoms with Crippen molar-refractivity contribution in [2.24, 2.45) is 0 Å². The van der Waals surface area contributed by atoms with Crippen molar-refractivity contribution in [3.05, 3.63) is 58.9 Å². The quantitative estimate of drug-likeness (QED) is 0.792. The topological polar surface area (TPSA) is 64.6 Å². The predicted molar refractivity (Wildman–Crippen MR) is 92.3 cm³/mol. The Morgan fingerprint density at radius 3 is 2.52 bits per heavy atom. The normalized spacial score (nSPS) is 11.5. The van der Waals surface area contributed by atoms with Gasteiger partial charge in [-0.15, -0.1) is 0 Å². The van der Waals surface area contributed by atoms with Gasteiger partial charge in [0, 0.05) is 10.7 Å². The van der Waals surface area contributed by atoms with Crippen molar-refractivity contribution in [2.75, 3.05) is 11.9 Å². The van der Waals surface area contributed by atoms with E-state index in [9.17, 15) is 14.0 Å². The molecule has 2 rings (SSSR count). The molecule has 0 saturated heterocycles. The number of ether oxygens (including phenoxy) is 2. The summed E-state index contributed by atoms with van der Waals surface area (Å²) in [5.41, 5.74) is 1.22. The maximum atomic E-state index is 12.8. The molecule has 0 unspecified atom stereocenters. The number of hydrogen-bond acceptors (Lipinski definition) is 4. The molecule has 0 heterocycles. The number of amides is 1. The number of halogens is 2. The molecule has 25 heavy (non-hydrogen) atoms. The molecule has 0 saturated carbocycles. The molecule has 1 atom stereocenters. The summed E-state index contributed by atoms with van der Waals surface area (Å²) in [7, 11) is 0. The Kier molecular flexibility index (Phi) is 6.36. The number of carbonyl (C=O) groups excluding carboxylic acids is 2. The molecular formula is C18H17ClFNO4. The lowest BCUT2D eigenvalue weighted by Crippen LogP contribution is -2.31. The summed E-state index contributed by atoms with van der Waals surface area (Å²) in [5.74, 6) is -1.15. The first-order valence-corrected chi connectivity index (χ1v) is 7.88. The molecule has 1 amide bonds. The van der Waals surface area contributed by atoms with Crippen LogP contribution in [0.1, 0.15) is 12.5 Å². The fraction of sp³-hybridized carbons (Fsp3) is 0.222. The van der Waals surface area contributed by atoms with Crippen LogP contribution in [0, 0.1) is 12.7 Å². The van der Waals surface area contributed by atoms with E-state index in [0.29, 0.717) is 16.5 Å². The lowest BCUT2D eigenvalue weighted by molar-refractivity contribution is -0.155. The number of carbonyl (C=O) groups is 2. The van der Waals surface area contributed by atoms with Gasteiger partial charge < -0.3 is 14.8 Å². The van der Waals surface area contributed by atoms with Gasteiger partial charge in [0.05, 0.1) is 0 Å². The summed E-state index contributed by atoms with van der Waals surface area (Å²) in [6, 6.07) is 10.2. The number of benzene rings is 2. The van der Waals surface area contributed by atoms with E-state index in [0.717, 1.165) is 5.56 Å². The Morgan fingerprint density at radius 1 is 1.20 bits per heavy atom. The van der Waals surface area contributed by atoms with Gasteiger partial charge in [-0.2, -0.15) is 0 Å². The van der Waals surface area contributed by atoms with Crippen molar-refractivity contribution in [1.82, 2.24) is 0 Å². The second-order valence-electron chi connectivity index (χ2n) is 5.33. The Labute approximate surface area is 149 Å². The number of rotatable bonds is 6. The first kappa shape index (κ1) is 18.7. The monoisotopic (exact) mass is 365 g/mol. The van der Waals surface area contributed by atoms with E-state index in [4.69, 9.17) is 21.1 Å². The summed E-state index contributed by atoms with van der Waals surface area (Å²) in [4.78, 5) is 23.7. The Morgan fingerprint density at radius 2 is 1.88 bits per heavy atom. The molecule has 0 fully saturated rings. The van der Waals surface area contributed by atoms with Crippen molar-refractivity contribution in [1.29, 1.82) is 0 Å². The van der Waals surface area contributed by atoms with Crippen molar-refractivity contribution in [2.45, 2.75) is 20.0 Å². The maximum absolute atomic E-state index is 12.8. The van der Waals surface area contributed by atoms with Crippen molar-refractivity contribution in [3.63, 3.8) is 0 Å². The van der Waals surface area contributed by atoms with Crippen LogP contribution in [-0.2, 0) is 14.3 Å². The van der Waals surface area contributed by atoms with Gasteiger partial charge >= 0.3 is 5.97 Å². The van der Waals surface area contributed by atoms with E-state index in [2.05, 4.69) is 5.32 Å². The number of esters is 1. The second-order valence-corrected chi connectivity index (χ2v) is 5.74. The third-order valence-electron chi connectivity index (χ3n) is 3.28. The van der Waals surface area contributed by atoms with E-state index in [-0.39, 0.29) is 6.61 Å². The van der Waals surface area contributed by atoms with Crippen LogP contribution >= 0.6 is 11.6 Å². The molecular weight excluding hydrogens is 349 g/mol. The molecule has 132 valence electrons. The highest BCUT2D eigenvalue weighted by molar-refractivity contribution is 6.31. The van der Waals surface area contributed by atoms with Crippen LogP contribution in [0.4, 0.5) is 10.1 Å². The first-order valence-electron chi connectivity index (χ1n) is 7.50. The van der Waals surface area contributed by atoms with Crippen LogP contribution < -0.4 is 10.1 Å². The fourth-order valence-electron chi connectivity index (χ4n) is 1.91. The summed E-state index contributed by atoms with van der Waals surface area (Å²) in [5, 5.41) is 3.12. The highest BCUT2D eigenvalue weighted by Gasteiger charge is 2.18. The summed E-state index contributed by atoms with van der Waals surface area (Å²) in [6.45, 7) is 2.91. The molecule has 0 bridgehead atoms. The molecule has 2 aromatic rings. The van der Waals surface area contributed by atoms with Crippen molar-refractivity contribution < 1.29 is 23.5 Å². The number of anilines is 1. The van der Waals surface area contributed by atoms with E-state index in [1.807, 2.05) is 6.92 Å². The molecule has 0 aliphatic carbocycles.